The lowest BCUT2D eigenvalue weighted by Gasteiger charge is -1.97. The van der Waals surface area contributed by atoms with Crippen LogP contribution in [0.4, 0.5) is 0 Å². The number of ketones is 1. The van der Waals surface area contributed by atoms with Crippen molar-refractivity contribution in [1.82, 2.24) is 19.7 Å². The summed E-state index contributed by atoms with van der Waals surface area (Å²) in [6, 6.07) is 5.19. The van der Waals surface area contributed by atoms with Crippen molar-refractivity contribution >= 4 is 5.78 Å². The van der Waals surface area contributed by atoms with Crippen molar-refractivity contribution in [2.24, 2.45) is 0 Å². The van der Waals surface area contributed by atoms with Gasteiger partial charge in [-0.05, 0) is 32.4 Å². The van der Waals surface area contributed by atoms with Crippen LogP contribution in [0.3, 0.4) is 0 Å². The normalized spacial score (nSPS) is 10.2. The number of hydrogen-bond acceptors (Lipinski definition) is 4. The fraction of sp³-hybridized carbons (Fsp3) is 0.286. The minimum Gasteiger partial charge on any atom is -0.283 e. The molecule has 0 saturated carbocycles. The molecule has 0 fully saturated rings. The zero-order chi connectivity index (χ0) is 13.7. The maximum atomic E-state index is 12.0. The van der Waals surface area contributed by atoms with Crippen molar-refractivity contribution in [3.8, 4) is 0 Å². The largest absolute Gasteiger partial charge is 0.283 e. The summed E-state index contributed by atoms with van der Waals surface area (Å²) in [7, 11) is 0. The fourth-order valence-corrected chi connectivity index (χ4v) is 1.60. The van der Waals surface area contributed by atoms with E-state index in [1.807, 2.05) is 0 Å². The molecule has 0 N–H and O–H groups in total. The van der Waals surface area contributed by atoms with Gasteiger partial charge in [0.25, 0.3) is 0 Å². The van der Waals surface area contributed by atoms with Crippen LogP contribution in [0, 0.1) is 0 Å². The first-order valence-electron chi connectivity index (χ1n) is 6.15. The van der Waals surface area contributed by atoms with Crippen LogP contribution in [0.15, 0.2) is 42.4 Å². The van der Waals surface area contributed by atoms with Gasteiger partial charge < -0.3 is 0 Å². The van der Waals surface area contributed by atoms with Crippen molar-refractivity contribution in [2.75, 3.05) is 0 Å². The van der Waals surface area contributed by atoms with E-state index in [0.29, 0.717) is 12.2 Å². The number of carbonyl (C=O) groups is 1. The molecule has 0 aromatic carbocycles. The number of rotatable bonds is 5. The summed E-state index contributed by atoms with van der Waals surface area (Å²) in [6.45, 7) is 4.82. The Bertz CT molecular complexity index is 583. The molecule has 0 radical (unpaired) electrons. The Labute approximate surface area is 112 Å². The van der Waals surface area contributed by atoms with E-state index in [4.69, 9.17) is 0 Å². The molecular formula is C14H16N4O. The topological polar surface area (TPSA) is 60.7 Å². The third-order valence-electron chi connectivity index (χ3n) is 2.55. The zero-order valence-corrected chi connectivity index (χ0v) is 11.1. The van der Waals surface area contributed by atoms with E-state index in [9.17, 15) is 4.79 Å². The summed E-state index contributed by atoms with van der Waals surface area (Å²) < 4.78 is 1.68. The Morgan fingerprint density at radius 2 is 2.16 bits per heavy atom. The van der Waals surface area contributed by atoms with Crippen molar-refractivity contribution in [3.05, 3.63) is 53.9 Å². The number of hydrogen-bond donors (Lipinski definition) is 0. The van der Waals surface area contributed by atoms with E-state index in [1.54, 1.807) is 35.4 Å². The van der Waals surface area contributed by atoms with Crippen LogP contribution >= 0.6 is 0 Å². The van der Waals surface area contributed by atoms with Crippen LogP contribution in [0.1, 0.15) is 36.6 Å². The molecule has 98 valence electrons. The average Bonchev–Trinajstić information content (AvgIpc) is 2.87. The lowest BCUT2D eigenvalue weighted by molar-refractivity contribution is 0.102. The average molecular weight is 256 g/mol. The second kappa shape index (κ2) is 6.04. The Morgan fingerprint density at radius 1 is 1.32 bits per heavy atom. The van der Waals surface area contributed by atoms with Gasteiger partial charge in [-0.25, -0.2) is 4.98 Å². The molecular weight excluding hydrogens is 240 g/mol. The van der Waals surface area contributed by atoms with Gasteiger partial charge in [-0.3, -0.25) is 14.5 Å². The fourth-order valence-electron chi connectivity index (χ4n) is 1.60. The van der Waals surface area contributed by atoms with E-state index in [2.05, 4.69) is 35.0 Å². The molecule has 0 spiro atoms. The van der Waals surface area contributed by atoms with Gasteiger partial charge in [-0.15, -0.1) is 5.10 Å². The van der Waals surface area contributed by atoms with Gasteiger partial charge in [0.1, 0.15) is 12.0 Å². The smallest absolute Gasteiger partial charge is 0.250 e. The lowest BCUT2D eigenvalue weighted by atomic mass is 10.2. The number of aromatic nitrogens is 4. The first-order valence-corrected chi connectivity index (χ1v) is 6.15. The summed E-state index contributed by atoms with van der Waals surface area (Å²) >= 11 is 0. The summed E-state index contributed by atoms with van der Waals surface area (Å²) in [5.74, 6) is -0.0579. The number of aryl methyl sites for hydroxylation is 1. The number of allylic oxidation sites excluding steroid dienone is 2. The number of nitrogens with zero attached hydrogens (tertiary/aromatic N) is 4. The molecule has 2 heterocycles. The summed E-state index contributed by atoms with van der Waals surface area (Å²) in [4.78, 5) is 20.1. The van der Waals surface area contributed by atoms with E-state index in [-0.39, 0.29) is 11.6 Å². The minimum absolute atomic E-state index is 0.191. The quantitative estimate of drug-likeness (QED) is 0.608. The highest BCUT2D eigenvalue weighted by molar-refractivity contribution is 6.04. The Kier molecular flexibility index (Phi) is 4.18. The first kappa shape index (κ1) is 13.1. The number of carbonyl (C=O) groups excluding carboxylic acids is 1. The van der Waals surface area contributed by atoms with E-state index >= 15 is 0 Å². The maximum absolute atomic E-state index is 12.0. The molecule has 0 unspecified atom stereocenters. The third-order valence-corrected chi connectivity index (χ3v) is 2.55. The van der Waals surface area contributed by atoms with Crippen LogP contribution in [0.5, 0.6) is 0 Å². The van der Waals surface area contributed by atoms with Crippen LogP contribution in [0.25, 0.3) is 0 Å². The number of pyridine rings is 1. The van der Waals surface area contributed by atoms with Crippen molar-refractivity contribution in [1.29, 1.82) is 0 Å². The van der Waals surface area contributed by atoms with Crippen molar-refractivity contribution < 1.29 is 4.79 Å². The molecule has 0 atom stereocenters. The Morgan fingerprint density at radius 3 is 2.84 bits per heavy atom. The highest BCUT2D eigenvalue weighted by Crippen LogP contribution is 2.03. The molecule has 19 heavy (non-hydrogen) atoms. The minimum atomic E-state index is -0.249. The Balaban J connectivity index is 2.05. The summed E-state index contributed by atoms with van der Waals surface area (Å²) in [5.41, 5.74) is 1.63. The molecule has 0 aliphatic rings. The van der Waals surface area contributed by atoms with Gasteiger partial charge >= 0.3 is 0 Å². The highest BCUT2D eigenvalue weighted by atomic mass is 16.1. The predicted octanol–water partition coefficient (Wildman–Crippen LogP) is 2.26. The van der Waals surface area contributed by atoms with E-state index in [1.165, 1.54) is 5.57 Å². The summed E-state index contributed by atoms with van der Waals surface area (Å²) in [5, 5.41) is 4.17. The second-order valence-corrected chi connectivity index (χ2v) is 4.45. The van der Waals surface area contributed by atoms with Crippen LogP contribution in [-0.4, -0.2) is 25.5 Å². The molecule has 2 aromatic heterocycles. The standard InChI is InChI=1S/C14H16N4O/c1-11(2)6-5-9-18-10-16-14(17-18)13(19)12-7-3-4-8-15-12/h3-4,6-8,10H,5,9H2,1-2H3. The van der Waals surface area contributed by atoms with Gasteiger partial charge in [-0.1, -0.05) is 17.7 Å². The Hall–Kier alpha value is -2.30. The second-order valence-electron chi connectivity index (χ2n) is 4.45. The molecule has 2 aromatic rings. The highest BCUT2D eigenvalue weighted by Gasteiger charge is 2.14. The predicted molar refractivity (Wildman–Crippen MR) is 71.7 cm³/mol. The van der Waals surface area contributed by atoms with Crippen LogP contribution in [-0.2, 0) is 6.54 Å². The van der Waals surface area contributed by atoms with Crippen LogP contribution < -0.4 is 0 Å². The first-order chi connectivity index (χ1) is 9.16. The third kappa shape index (κ3) is 3.58. The van der Waals surface area contributed by atoms with Gasteiger partial charge in [0.15, 0.2) is 0 Å². The van der Waals surface area contributed by atoms with E-state index in [0.717, 1.165) is 6.42 Å². The van der Waals surface area contributed by atoms with Crippen molar-refractivity contribution in [3.63, 3.8) is 0 Å². The van der Waals surface area contributed by atoms with Crippen molar-refractivity contribution in [2.45, 2.75) is 26.8 Å². The van der Waals surface area contributed by atoms with Gasteiger partial charge in [0.05, 0.1) is 0 Å². The monoisotopic (exact) mass is 256 g/mol. The van der Waals surface area contributed by atoms with E-state index < -0.39 is 0 Å². The molecule has 2 rings (SSSR count). The molecule has 0 bridgehead atoms. The molecule has 0 aliphatic heterocycles. The zero-order valence-electron chi connectivity index (χ0n) is 11.1. The molecule has 5 heteroatoms. The maximum Gasteiger partial charge on any atom is 0.250 e. The molecule has 0 saturated heterocycles. The molecule has 5 nitrogen and oxygen atoms in total. The van der Waals surface area contributed by atoms with Gasteiger partial charge in [0.2, 0.25) is 11.6 Å². The SMILES string of the molecule is CC(C)=CCCn1cnc(C(=O)c2ccccn2)n1. The van der Waals surface area contributed by atoms with Crippen LogP contribution in [0.2, 0.25) is 0 Å². The van der Waals surface area contributed by atoms with Gasteiger partial charge in [-0.2, -0.15) is 0 Å². The van der Waals surface area contributed by atoms with Gasteiger partial charge in [0, 0.05) is 12.7 Å². The summed E-state index contributed by atoms with van der Waals surface area (Å²) in [6.07, 6.45) is 6.17. The lowest BCUT2D eigenvalue weighted by Crippen LogP contribution is -2.07. The molecule has 0 amide bonds. The molecule has 0 aliphatic carbocycles.